The van der Waals surface area contributed by atoms with Gasteiger partial charge < -0.3 is 9.84 Å². The molecule has 2 rings (SSSR count). The Hall–Kier alpha value is -1.18. The quantitative estimate of drug-likeness (QED) is 0.871. The number of hydrogen-bond donors (Lipinski definition) is 1. The van der Waals surface area contributed by atoms with E-state index in [-0.39, 0.29) is 24.8 Å². The van der Waals surface area contributed by atoms with E-state index in [9.17, 15) is 17.6 Å². The van der Waals surface area contributed by atoms with Crippen LogP contribution in [0.3, 0.4) is 0 Å². The second-order valence-electron chi connectivity index (χ2n) is 5.22. The Labute approximate surface area is 120 Å². The molecule has 1 aromatic rings. The van der Waals surface area contributed by atoms with Gasteiger partial charge in [-0.15, -0.1) is 0 Å². The van der Waals surface area contributed by atoms with E-state index in [1.54, 1.807) is 0 Å². The van der Waals surface area contributed by atoms with E-state index in [2.05, 4.69) is 0 Å². The Morgan fingerprint density at radius 1 is 1.38 bits per heavy atom. The average molecular weight is 307 g/mol. The summed E-state index contributed by atoms with van der Waals surface area (Å²) in [4.78, 5) is 1.81. The van der Waals surface area contributed by atoms with Gasteiger partial charge >= 0.3 is 6.18 Å². The number of hydrogen-bond acceptors (Lipinski definition) is 3. The smallest absolute Gasteiger partial charge is 0.394 e. The summed E-state index contributed by atoms with van der Waals surface area (Å²) in [6.07, 6.45) is -4.89. The molecular formula is C14H17F4NO2. The van der Waals surface area contributed by atoms with Gasteiger partial charge in [-0.1, -0.05) is 0 Å². The van der Waals surface area contributed by atoms with Crippen LogP contribution in [0.25, 0.3) is 0 Å². The van der Waals surface area contributed by atoms with E-state index in [0.29, 0.717) is 13.2 Å². The topological polar surface area (TPSA) is 32.7 Å². The number of alkyl halides is 3. The lowest BCUT2D eigenvalue weighted by molar-refractivity contribution is -0.137. The van der Waals surface area contributed by atoms with Gasteiger partial charge in [0, 0.05) is 24.7 Å². The number of aliphatic hydroxyl groups is 1. The third-order valence-corrected chi connectivity index (χ3v) is 3.58. The fraction of sp³-hybridized carbons (Fsp3) is 0.571. The first-order valence-corrected chi connectivity index (χ1v) is 6.63. The predicted molar refractivity (Wildman–Crippen MR) is 68.1 cm³/mol. The standard InChI is InChI=1S/C14H17F4NO2/c1-9-8-21-12(7-20)6-19(9)5-10-4-11(14(16,17)18)2-3-13(10)15/h2-4,9,12,20H,5-8H2,1H3/t9-,12+/m1/s1. The zero-order valence-electron chi connectivity index (χ0n) is 11.5. The van der Waals surface area contributed by atoms with E-state index < -0.39 is 23.7 Å². The molecule has 0 aliphatic carbocycles. The molecule has 118 valence electrons. The summed E-state index contributed by atoms with van der Waals surface area (Å²) in [5, 5.41) is 9.09. The molecule has 1 aromatic carbocycles. The molecule has 1 N–H and O–H groups in total. The molecule has 21 heavy (non-hydrogen) atoms. The van der Waals surface area contributed by atoms with Gasteiger partial charge in [-0.3, -0.25) is 4.90 Å². The Balaban J connectivity index is 2.18. The maximum atomic E-state index is 13.7. The van der Waals surface area contributed by atoms with E-state index in [1.165, 1.54) is 0 Å². The first-order chi connectivity index (χ1) is 9.81. The summed E-state index contributed by atoms with van der Waals surface area (Å²) < 4.78 is 57.1. The normalized spacial score (nSPS) is 24.3. The molecule has 0 saturated carbocycles. The fourth-order valence-electron chi connectivity index (χ4n) is 2.30. The predicted octanol–water partition coefficient (Wildman–Crippen LogP) is 2.43. The van der Waals surface area contributed by atoms with Crippen molar-refractivity contribution in [2.75, 3.05) is 19.8 Å². The maximum Gasteiger partial charge on any atom is 0.416 e. The van der Waals surface area contributed by atoms with Crippen LogP contribution in [-0.4, -0.2) is 41.9 Å². The van der Waals surface area contributed by atoms with Gasteiger partial charge in [-0.2, -0.15) is 13.2 Å². The lowest BCUT2D eigenvalue weighted by Gasteiger charge is -2.37. The molecular weight excluding hydrogens is 290 g/mol. The molecule has 0 bridgehead atoms. The van der Waals surface area contributed by atoms with Crippen LogP contribution in [0.2, 0.25) is 0 Å². The first-order valence-electron chi connectivity index (χ1n) is 6.63. The average Bonchev–Trinajstić information content (AvgIpc) is 2.42. The van der Waals surface area contributed by atoms with Crippen molar-refractivity contribution in [3.05, 3.63) is 35.1 Å². The number of rotatable bonds is 3. The van der Waals surface area contributed by atoms with Crippen molar-refractivity contribution in [2.24, 2.45) is 0 Å². The van der Waals surface area contributed by atoms with E-state index in [1.807, 2.05) is 11.8 Å². The molecule has 1 heterocycles. The summed E-state index contributed by atoms with van der Waals surface area (Å²) in [7, 11) is 0. The highest BCUT2D eigenvalue weighted by Gasteiger charge is 2.32. The molecule has 3 nitrogen and oxygen atoms in total. The van der Waals surface area contributed by atoms with Gasteiger partial charge in [-0.25, -0.2) is 4.39 Å². The third-order valence-electron chi connectivity index (χ3n) is 3.58. The second kappa shape index (κ2) is 6.29. The number of nitrogens with zero attached hydrogens (tertiary/aromatic N) is 1. The van der Waals surface area contributed by atoms with Gasteiger partial charge in [0.15, 0.2) is 0 Å². The van der Waals surface area contributed by atoms with E-state index in [4.69, 9.17) is 9.84 Å². The lowest BCUT2D eigenvalue weighted by Crippen LogP contribution is -2.48. The summed E-state index contributed by atoms with van der Waals surface area (Å²) in [5.41, 5.74) is -0.867. The number of morpholine rings is 1. The molecule has 7 heteroatoms. The summed E-state index contributed by atoms with van der Waals surface area (Å²) in [6, 6.07) is 2.36. The van der Waals surface area contributed by atoms with Crippen molar-refractivity contribution in [3.63, 3.8) is 0 Å². The van der Waals surface area contributed by atoms with Gasteiger partial charge in [0.2, 0.25) is 0 Å². The van der Waals surface area contributed by atoms with Crippen LogP contribution in [-0.2, 0) is 17.5 Å². The van der Waals surface area contributed by atoms with Gasteiger partial charge in [-0.05, 0) is 25.1 Å². The minimum Gasteiger partial charge on any atom is -0.394 e. The molecule has 0 aromatic heterocycles. The van der Waals surface area contributed by atoms with Crippen LogP contribution in [0.15, 0.2) is 18.2 Å². The van der Waals surface area contributed by atoms with Gasteiger partial charge in [0.05, 0.1) is 24.9 Å². The molecule has 1 saturated heterocycles. The van der Waals surface area contributed by atoms with Crippen molar-refractivity contribution in [3.8, 4) is 0 Å². The Morgan fingerprint density at radius 3 is 2.71 bits per heavy atom. The molecule has 1 aliphatic heterocycles. The maximum absolute atomic E-state index is 13.7. The Bertz CT molecular complexity index is 492. The Kier molecular flexibility index (Phi) is 4.85. The van der Waals surface area contributed by atoms with Crippen LogP contribution >= 0.6 is 0 Å². The second-order valence-corrected chi connectivity index (χ2v) is 5.22. The molecule has 0 unspecified atom stereocenters. The van der Waals surface area contributed by atoms with E-state index >= 15 is 0 Å². The number of benzene rings is 1. The van der Waals surface area contributed by atoms with Crippen LogP contribution in [0.5, 0.6) is 0 Å². The van der Waals surface area contributed by atoms with Crippen molar-refractivity contribution < 1.29 is 27.4 Å². The van der Waals surface area contributed by atoms with Crippen molar-refractivity contribution >= 4 is 0 Å². The number of halogens is 4. The summed E-state index contributed by atoms with van der Waals surface area (Å²) in [6.45, 7) is 2.43. The van der Waals surface area contributed by atoms with Gasteiger partial charge in [0.1, 0.15) is 5.82 Å². The van der Waals surface area contributed by atoms with Crippen LogP contribution in [0.4, 0.5) is 17.6 Å². The van der Waals surface area contributed by atoms with Crippen LogP contribution < -0.4 is 0 Å². The molecule has 0 radical (unpaired) electrons. The highest BCUT2D eigenvalue weighted by atomic mass is 19.4. The van der Waals surface area contributed by atoms with E-state index in [0.717, 1.165) is 18.2 Å². The molecule has 0 amide bonds. The Morgan fingerprint density at radius 2 is 2.10 bits per heavy atom. The third kappa shape index (κ3) is 3.93. The zero-order chi connectivity index (χ0) is 15.6. The highest BCUT2D eigenvalue weighted by molar-refractivity contribution is 5.27. The van der Waals surface area contributed by atoms with Crippen LogP contribution in [0.1, 0.15) is 18.1 Å². The molecule has 2 atom stereocenters. The zero-order valence-corrected chi connectivity index (χ0v) is 11.5. The van der Waals surface area contributed by atoms with Crippen molar-refractivity contribution in [1.82, 2.24) is 4.90 Å². The minimum atomic E-state index is -4.49. The van der Waals surface area contributed by atoms with Crippen molar-refractivity contribution in [1.29, 1.82) is 0 Å². The minimum absolute atomic E-state index is 0.00438. The largest absolute Gasteiger partial charge is 0.416 e. The summed E-state index contributed by atoms with van der Waals surface area (Å²) >= 11 is 0. The molecule has 1 fully saturated rings. The molecule has 1 aliphatic rings. The SMILES string of the molecule is C[C@@H]1CO[C@H](CO)CN1Cc1cc(C(F)(F)F)ccc1F. The monoisotopic (exact) mass is 307 g/mol. The lowest BCUT2D eigenvalue weighted by atomic mass is 10.1. The first kappa shape index (κ1) is 16.2. The molecule has 0 spiro atoms. The van der Waals surface area contributed by atoms with Gasteiger partial charge in [0.25, 0.3) is 0 Å². The number of ether oxygens (including phenoxy) is 1. The summed E-state index contributed by atoms with van der Waals surface area (Å²) in [5.74, 6) is -0.665. The van der Waals surface area contributed by atoms with Crippen LogP contribution in [0, 0.1) is 5.82 Å². The number of aliphatic hydroxyl groups excluding tert-OH is 1. The highest BCUT2D eigenvalue weighted by Crippen LogP contribution is 2.31. The fourth-order valence-corrected chi connectivity index (χ4v) is 2.30. The van der Waals surface area contributed by atoms with Crippen molar-refractivity contribution in [2.45, 2.75) is 31.8 Å².